The molecule has 12 nitrogen and oxygen atoms in total. The van der Waals surface area contributed by atoms with Gasteiger partial charge in [-0.1, -0.05) is 0 Å². The summed E-state index contributed by atoms with van der Waals surface area (Å²) in [6.45, 7) is 0. The van der Waals surface area contributed by atoms with Gasteiger partial charge >= 0.3 is 15.6 Å². The predicted octanol–water partition coefficient (Wildman–Crippen LogP) is -3.60. The number of phosphoric acid groups is 2. The van der Waals surface area contributed by atoms with E-state index in [4.69, 9.17) is 19.6 Å². The van der Waals surface area contributed by atoms with E-state index in [0.29, 0.717) is 0 Å². The van der Waals surface area contributed by atoms with Crippen molar-refractivity contribution in [2.75, 3.05) is 0 Å². The summed E-state index contributed by atoms with van der Waals surface area (Å²) in [6.07, 6.45) is -12.8. The molecule has 1 rings (SSSR count). The van der Waals surface area contributed by atoms with E-state index in [-0.39, 0.29) is 0 Å². The lowest BCUT2D eigenvalue weighted by Crippen LogP contribution is -2.64. The molecule has 14 heteroatoms. The molecule has 0 bridgehead atoms. The van der Waals surface area contributed by atoms with Crippen LogP contribution in [0.25, 0.3) is 0 Å². The average molecular weight is 340 g/mol. The highest BCUT2D eigenvalue weighted by Gasteiger charge is 2.53. The van der Waals surface area contributed by atoms with Gasteiger partial charge in [0, 0.05) is 0 Å². The van der Waals surface area contributed by atoms with Crippen molar-refractivity contribution in [1.29, 1.82) is 0 Å². The van der Waals surface area contributed by atoms with Gasteiger partial charge in [-0.05, 0) is 0 Å². The van der Waals surface area contributed by atoms with Crippen LogP contribution in [0, 0.1) is 0 Å². The average Bonchev–Trinajstić information content (AvgIpc) is 2.25. The van der Waals surface area contributed by atoms with Crippen LogP contribution in [-0.4, -0.2) is 76.6 Å². The lowest BCUT2D eigenvalue weighted by atomic mass is 9.85. The molecule has 0 heterocycles. The van der Waals surface area contributed by atoms with Gasteiger partial charge in [0.15, 0.2) is 0 Å². The van der Waals surface area contributed by atoms with E-state index < -0.39 is 52.3 Å². The van der Waals surface area contributed by atoms with E-state index in [1.807, 2.05) is 0 Å². The number of aliphatic hydroxyl groups excluding tert-OH is 4. The Bertz CT molecular complexity index is 372. The fraction of sp³-hybridized carbons (Fsp3) is 1.00. The number of rotatable bonds is 4. The van der Waals surface area contributed by atoms with E-state index in [0.717, 1.165) is 0 Å². The minimum atomic E-state index is -5.16. The molecular weight excluding hydrogens is 326 g/mol. The van der Waals surface area contributed by atoms with E-state index in [9.17, 15) is 29.6 Å². The molecule has 0 aromatic carbocycles. The Kier molecular flexibility index (Phi) is 5.48. The number of hydrogen-bond donors (Lipinski definition) is 8. The van der Waals surface area contributed by atoms with Crippen LogP contribution in [0.3, 0.4) is 0 Å². The third-order valence-corrected chi connectivity index (χ3v) is 3.60. The van der Waals surface area contributed by atoms with Gasteiger partial charge in [-0.3, -0.25) is 9.05 Å². The molecule has 0 aromatic heterocycles. The van der Waals surface area contributed by atoms with Gasteiger partial charge in [0.25, 0.3) is 0 Å². The zero-order valence-corrected chi connectivity index (χ0v) is 11.4. The van der Waals surface area contributed by atoms with Gasteiger partial charge in [0.1, 0.15) is 36.6 Å². The molecule has 0 saturated heterocycles. The molecule has 1 saturated carbocycles. The van der Waals surface area contributed by atoms with Gasteiger partial charge in [-0.25, -0.2) is 9.13 Å². The minimum absolute atomic E-state index is 2.09. The zero-order valence-electron chi connectivity index (χ0n) is 9.57. The lowest BCUT2D eigenvalue weighted by Gasteiger charge is -2.42. The van der Waals surface area contributed by atoms with Gasteiger partial charge in [0.2, 0.25) is 0 Å². The Morgan fingerprint density at radius 3 is 0.950 bits per heavy atom. The molecule has 0 aromatic rings. The summed E-state index contributed by atoms with van der Waals surface area (Å²) in [7, 11) is -10.3. The molecule has 20 heavy (non-hydrogen) atoms. The monoisotopic (exact) mass is 340 g/mol. The molecule has 2 unspecified atom stereocenters. The highest BCUT2D eigenvalue weighted by molar-refractivity contribution is 7.46. The van der Waals surface area contributed by atoms with E-state index in [2.05, 4.69) is 9.05 Å². The molecule has 0 aliphatic heterocycles. The van der Waals surface area contributed by atoms with E-state index >= 15 is 0 Å². The first-order chi connectivity index (χ1) is 8.83. The first kappa shape index (κ1) is 18.1. The summed E-state index contributed by atoms with van der Waals surface area (Å²) in [4.78, 5) is 34.3. The smallest absolute Gasteiger partial charge is 0.387 e. The third kappa shape index (κ3) is 4.53. The standard InChI is InChI=1S/C6H14O12P2/c7-1-2(8)6(18-20(14,15)16)4(10)3(9)5(1)17-19(11,12)13/h1-10H,(H2,11,12,13)(H2,14,15,16)/t1-,2-,3-,4+,5?,6?/m1/s1. The fourth-order valence-electron chi connectivity index (χ4n) is 1.75. The maximum Gasteiger partial charge on any atom is 0.470 e. The van der Waals surface area contributed by atoms with Crippen LogP contribution in [0.1, 0.15) is 0 Å². The Labute approximate surface area is 111 Å². The van der Waals surface area contributed by atoms with Crippen LogP contribution in [-0.2, 0) is 18.2 Å². The SMILES string of the molecule is O=P(O)(O)OC1[C@@H](O)[C@@H](O)C(OP(=O)(O)O)[C@H](O)[C@H]1O. The molecule has 8 N–H and O–H groups in total. The second-order valence-electron chi connectivity index (χ2n) is 4.08. The number of aliphatic hydroxyl groups is 4. The molecule has 1 fully saturated rings. The Hall–Kier alpha value is 0.0600. The summed E-state index contributed by atoms with van der Waals surface area (Å²) < 4.78 is 29.3. The topological polar surface area (TPSA) is 214 Å². The largest absolute Gasteiger partial charge is 0.470 e. The van der Waals surface area contributed by atoms with E-state index in [1.54, 1.807) is 0 Å². The molecular formula is C6H14O12P2. The summed E-state index contributed by atoms with van der Waals surface area (Å²) in [6, 6.07) is 0. The van der Waals surface area contributed by atoms with Gasteiger partial charge in [-0.15, -0.1) is 0 Å². The summed E-state index contributed by atoms with van der Waals surface area (Å²) in [5, 5.41) is 38.1. The predicted molar refractivity (Wildman–Crippen MR) is 57.9 cm³/mol. The van der Waals surface area contributed by atoms with Crippen molar-refractivity contribution in [3.63, 3.8) is 0 Å². The van der Waals surface area contributed by atoms with Crippen molar-refractivity contribution in [1.82, 2.24) is 0 Å². The van der Waals surface area contributed by atoms with Crippen LogP contribution in [0.4, 0.5) is 0 Å². The summed E-state index contributed by atoms with van der Waals surface area (Å²) in [5.41, 5.74) is 0. The van der Waals surface area contributed by atoms with Crippen LogP contribution in [0.2, 0.25) is 0 Å². The van der Waals surface area contributed by atoms with Crippen molar-refractivity contribution < 1.29 is 58.2 Å². The fourth-order valence-corrected chi connectivity index (χ4v) is 2.88. The van der Waals surface area contributed by atoms with Crippen LogP contribution < -0.4 is 0 Å². The second kappa shape index (κ2) is 6.05. The van der Waals surface area contributed by atoms with Crippen LogP contribution in [0.5, 0.6) is 0 Å². The first-order valence-electron chi connectivity index (χ1n) is 5.03. The van der Waals surface area contributed by atoms with Crippen molar-refractivity contribution in [2.24, 2.45) is 0 Å². The van der Waals surface area contributed by atoms with Gasteiger partial charge in [-0.2, -0.15) is 0 Å². The van der Waals surface area contributed by atoms with Crippen LogP contribution >= 0.6 is 15.6 Å². The van der Waals surface area contributed by atoms with Gasteiger partial charge in [0.05, 0.1) is 0 Å². The summed E-state index contributed by atoms with van der Waals surface area (Å²) >= 11 is 0. The Balaban J connectivity index is 2.96. The van der Waals surface area contributed by atoms with Crippen molar-refractivity contribution in [3.05, 3.63) is 0 Å². The molecule has 6 atom stereocenters. The molecule has 120 valence electrons. The molecule has 0 spiro atoms. The molecule has 0 radical (unpaired) electrons. The summed E-state index contributed by atoms with van der Waals surface area (Å²) in [5.74, 6) is 0. The van der Waals surface area contributed by atoms with Crippen molar-refractivity contribution >= 4 is 15.6 Å². The molecule has 1 aliphatic rings. The normalized spacial score (nSPS) is 39.8. The van der Waals surface area contributed by atoms with Crippen molar-refractivity contribution in [2.45, 2.75) is 36.6 Å². The van der Waals surface area contributed by atoms with Crippen molar-refractivity contribution in [3.8, 4) is 0 Å². The van der Waals surface area contributed by atoms with Gasteiger partial charge < -0.3 is 40.0 Å². The second-order valence-corrected chi connectivity index (χ2v) is 6.47. The third-order valence-electron chi connectivity index (χ3n) is 2.56. The van der Waals surface area contributed by atoms with Crippen LogP contribution in [0.15, 0.2) is 0 Å². The van der Waals surface area contributed by atoms with E-state index in [1.165, 1.54) is 0 Å². The number of phosphoric ester groups is 2. The maximum absolute atomic E-state index is 10.6. The maximum atomic E-state index is 10.6. The lowest BCUT2D eigenvalue weighted by molar-refractivity contribution is -0.215. The quantitative estimate of drug-likeness (QED) is 0.233. The molecule has 1 aliphatic carbocycles. The Morgan fingerprint density at radius 2 is 0.800 bits per heavy atom. The highest BCUT2D eigenvalue weighted by Crippen LogP contribution is 2.45. The minimum Gasteiger partial charge on any atom is -0.387 e. The highest BCUT2D eigenvalue weighted by atomic mass is 31.2. The molecule has 0 amide bonds. The first-order valence-corrected chi connectivity index (χ1v) is 8.10. The Morgan fingerprint density at radius 1 is 0.600 bits per heavy atom. The number of hydrogen-bond acceptors (Lipinski definition) is 8. The zero-order chi connectivity index (χ0) is 15.9.